The van der Waals surface area contributed by atoms with Gasteiger partial charge in [0.15, 0.2) is 17.3 Å². The Morgan fingerprint density at radius 2 is 1.31 bits per heavy atom. The van der Waals surface area contributed by atoms with Crippen molar-refractivity contribution in [2.24, 2.45) is 15.8 Å². The lowest BCUT2D eigenvalue weighted by molar-refractivity contribution is -0.114. The van der Waals surface area contributed by atoms with Crippen molar-refractivity contribution in [3.63, 3.8) is 0 Å². The highest BCUT2D eigenvalue weighted by molar-refractivity contribution is 6.23. The molecule has 140 valence electrons. The summed E-state index contributed by atoms with van der Waals surface area (Å²) < 4.78 is 10.6. The van der Waals surface area contributed by atoms with E-state index in [2.05, 4.69) is 41.5 Å². The van der Waals surface area contributed by atoms with Crippen molar-refractivity contribution < 1.29 is 14.3 Å². The number of rotatable bonds is 3. The van der Waals surface area contributed by atoms with Crippen LogP contribution in [0.25, 0.3) is 0 Å². The van der Waals surface area contributed by atoms with Gasteiger partial charge in [-0.05, 0) is 35.1 Å². The molecule has 0 spiro atoms. The molecule has 26 heavy (non-hydrogen) atoms. The maximum absolute atomic E-state index is 13.0. The number of ether oxygens (including phenoxy) is 2. The molecule has 0 N–H and O–H groups in total. The minimum Gasteiger partial charge on any atom is -0.493 e. The van der Waals surface area contributed by atoms with E-state index in [4.69, 9.17) is 14.5 Å². The normalized spacial score (nSPS) is 15.4. The summed E-state index contributed by atoms with van der Waals surface area (Å²) in [5.74, 6) is 1.39. The van der Waals surface area contributed by atoms with Gasteiger partial charge in [0.2, 0.25) is 0 Å². The predicted molar refractivity (Wildman–Crippen MR) is 107 cm³/mol. The molecule has 0 radical (unpaired) electrons. The van der Waals surface area contributed by atoms with Crippen molar-refractivity contribution in [2.45, 2.75) is 41.5 Å². The highest BCUT2D eigenvalue weighted by Crippen LogP contribution is 2.38. The van der Waals surface area contributed by atoms with Crippen LogP contribution >= 0.6 is 0 Å². The van der Waals surface area contributed by atoms with Crippen LogP contribution < -0.4 is 9.47 Å². The van der Waals surface area contributed by atoms with Gasteiger partial charge in [0.25, 0.3) is 0 Å². The van der Waals surface area contributed by atoms with E-state index in [9.17, 15) is 4.79 Å². The van der Waals surface area contributed by atoms with Crippen molar-refractivity contribution in [3.05, 3.63) is 41.5 Å². The molecular weight excluding hydrogens is 326 g/mol. The highest BCUT2D eigenvalue weighted by atomic mass is 16.5. The number of benzene rings is 1. The highest BCUT2D eigenvalue weighted by Gasteiger charge is 2.34. The van der Waals surface area contributed by atoms with Gasteiger partial charge in [-0.3, -0.25) is 4.79 Å². The molecular formula is C22H29NO3. The van der Waals surface area contributed by atoms with Crippen molar-refractivity contribution in [1.82, 2.24) is 0 Å². The van der Waals surface area contributed by atoms with Crippen molar-refractivity contribution in [1.29, 1.82) is 0 Å². The minimum absolute atomic E-state index is 0.108. The summed E-state index contributed by atoms with van der Waals surface area (Å²) in [5, 5.41) is 0. The van der Waals surface area contributed by atoms with Crippen LogP contribution in [0.2, 0.25) is 0 Å². The molecule has 1 aromatic carbocycles. The second-order valence-corrected chi connectivity index (χ2v) is 8.52. The van der Waals surface area contributed by atoms with Crippen LogP contribution in [0, 0.1) is 10.8 Å². The van der Waals surface area contributed by atoms with E-state index in [-0.39, 0.29) is 16.6 Å². The number of methoxy groups -OCH3 is 2. The standard InChI is InChI=1S/C22H29NO3/c1-21(2,3)16-11-15(12-17(20(16)24)22(4,5)6)23-14-9-10-18(25-7)19(13-14)26-8/h9-13H,1-8H3. The van der Waals surface area contributed by atoms with Gasteiger partial charge in [-0.25, -0.2) is 4.99 Å². The van der Waals surface area contributed by atoms with Gasteiger partial charge in [0.1, 0.15) is 0 Å². The van der Waals surface area contributed by atoms with Crippen LogP contribution in [0.3, 0.4) is 0 Å². The van der Waals surface area contributed by atoms with Crippen LogP contribution in [0.5, 0.6) is 11.5 Å². The van der Waals surface area contributed by atoms with Crippen LogP contribution in [0.4, 0.5) is 5.69 Å². The first-order valence-electron chi connectivity index (χ1n) is 8.77. The van der Waals surface area contributed by atoms with Gasteiger partial charge >= 0.3 is 0 Å². The van der Waals surface area contributed by atoms with E-state index in [1.54, 1.807) is 14.2 Å². The molecule has 0 bridgehead atoms. The molecule has 1 aliphatic rings. The van der Waals surface area contributed by atoms with Crippen molar-refractivity contribution in [3.8, 4) is 11.5 Å². The van der Waals surface area contributed by atoms with Gasteiger partial charge in [0.05, 0.1) is 25.6 Å². The minimum atomic E-state index is -0.250. The van der Waals surface area contributed by atoms with E-state index >= 15 is 0 Å². The monoisotopic (exact) mass is 355 g/mol. The number of allylic oxidation sites excluding steroid dienone is 4. The third kappa shape index (κ3) is 4.24. The number of ketones is 1. The molecule has 2 rings (SSSR count). The largest absolute Gasteiger partial charge is 0.493 e. The Balaban J connectivity index is 2.58. The van der Waals surface area contributed by atoms with Crippen LogP contribution in [0.15, 0.2) is 46.5 Å². The van der Waals surface area contributed by atoms with Gasteiger partial charge in [-0.1, -0.05) is 41.5 Å². The number of hydrogen-bond donors (Lipinski definition) is 0. The Bertz CT molecular complexity index is 764. The fourth-order valence-corrected chi connectivity index (χ4v) is 2.84. The Morgan fingerprint density at radius 3 is 1.73 bits per heavy atom. The second-order valence-electron chi connectivity index (χ2n) is 8.52. The molecule has 0 atom stereocenters. The molecule has 4 heteroatoms. The molecule has 4 nitrogen and oxygen atoms in total. The third-order valence-electron chi connectivity index (χ3n) is 4.32. The molecule has 0 unspecified atom stereocenters. The van der Waals surface area contributed by atoms with E-state index in [0.717, 1.165) is 22.5 Å². The van der Waals surface area contributed by atoms with Crippen LogP contribution in [-0.2, 0) is 4.79 Å². The molecule has 1 aliphatic carbocycles. The zero-order valence-corrected chi connectivity index (χ0v) is 17.1. The summed E-state index contributed by atoms with van der Waals surface area (Å²) in [6.07, 6.45) is 3.79. The van der Waals surface area contributed by atoms with Crippen molar-refractivity contribution >= 4 is 17.2 Å². The SMILES string of the molecule is COc1ccc(N=C2C=C(C(C)(C)C)C(=O)C(C(C)(C)C)=C2)cc1OC. The quantitative estimate of drug-likeness (QED) is 0.691. The smallest absolute Gasteiger partial charge is 0.186 e. The maximum atomic E-state index is 13.0. The number of carbonyl (C=O) groups is 1. The summed E-state index contributed by atoms with van der Waals surface area (Å²) in [6, 6.07) is 5.53. The Labute approximate surface area is 156 Å². The Hall–Kier alpha value is -2.36. The van der Waals surface area contributed by atoms with Gasteiger partial charge in [-0.2, -0.15) is 0 Å². The zero-order valence-electron chi connectivity index (χ0n) is 17.1. The van der Waals surface area contributed by atoms with E-state index in [1.807, 2.05) is 30.4 Å². The molecule has 0 fully saturated rings. The lowest BCUT2D eigenvalue weighted by atomic mass is 9.72. The average Bonchev–Trinajstić information content (AvgIpc) is 2.54. The number of carbonyl (C=O) groups excluding carboxylic acids is 1. The zero-order chi connectivity index (χ0) is 19.7. The fraction of sp³-hybridized carbons (Fsp3) is 0.455. The summed E-state index contributed by atoms with van der Waals surface area (Å²) in [4.78, 5) is 17.7. The third-order valence-corrected chi connectivity index (χ3v) is 4.32. The predicted octanol–water partition coefficient (Wildman–Crippen LogP) is 5.30. The van der Waals surface area contributed by atoms with E-state index < -0.39 is 0 Å². The molecule has 0 aliphatic heterocycles. The molecule has 0 saturated heterocycles. The molecule has 0 aromatic heterocycles. The fourth-order valence-electron chi connectivity index (χ4n) is 2.84. The van der Waals surface area contributed by atoms with Gasteiger partial charge in [0, 0.05) is 17.2 Å². The lowest BCUT2D eigenvalue weighted by Crippen LogP contribution is -2.29. The first-order valence-corrected chi connectivity index (χ1v) is 8.77. The van der Waals surface area contributed by atoms with E-state index in [0.29, 0.717) is 11.5 Å². The second kappa shape index (κ2) is 7.10. The maximum Gasteiger partial charge on any atom is 0.186 e. The number of aliphatic imine (C=N–C) groups is 1. The average molecular weight is 355 g/mol. The first-order chi connectivity index (χ1) is 12.0. The Kier molecular flexibility index (Phi) is 5.45. The lowest BCUT2D eigenvalue weighted by Gasteiger charge is -2.31. The van der Waals surface area contributed by atoms with Gasteiger partial charge in [-0.15, -0.1) is 0 Å². The molecule has 1 aromatic rings. The first kappa shape index (κ1) is 20.0. The van der Waals surface area contributed by atoms with Gasteiger partial charge < -0.3 is 9.47 Å². The van der Waals surface area contributed by atoms with E-state index in [1.165, 1.54) is 0 Å². The summed E-state index contributed by atoms with van der Waals surface area (Å²) >= 11 is 0. The molecule has 0 heterocycles. The molecule has 0 saturated carbocycles. The number of hydrogen-bond acceptors (Lipinski definition) is 4. The number of Topliss-reactive ketones (excluding diaryl/α,β-unsaturated/α-hetero) is 1. The van der Waals surface area contributed by atoms with Crippen LogP contribution in [0.1, 0.15) is 41.5 Å². The summed E-state index contributed by atoms with van der Waals surface area (Å²) in [7, 11) is 3.20. The summed E-state index contributed by atoms with van der Waals surface area (Å²) in [5.41, 5.74) is 2.58. The topological polar surface area (TPSA) is 47.9 Å². The van der Waals surface area contributed by atoms with Crippen molar-refractivity contribution in [2.75, 3.05) is 14.2 Å². The number of nitrogens with zero attached hydrogens (tertiary/aromatic N) is 1. The summed E-state index contributed by atoms with van der Waals surface area (Å²) in [6.45, 7) is 12.3. The van der Waals surface area contributed by atoms with Crippen LogP contribution in [-0.4, -0.2) is 25.7 Å². The Morgan fingerprint density at radius 1 is 0.808 bits per heavy atom. The molecule has 0 amide bonds.